The minimum Gasteiger partial charge on any atom is -0.508 e. The number of anilines is 1. The summed E-state index contributed by atoms with van der Waals surface area (Å²) >= 11 is 0. The zero-order valence-electron chi connectivity index (χ0n) is 10.4. The van der Waals surface area contributed by atoms with Gasteiger partial charge in [-0.15, -0.1) is 0 Å². The molecule has 0 bridgehead atoms. The molecule has 0 amide bonds. The van der Waals surface area contributed by atoms with Crippen LogP contribution in [0.5, 0.6) is 5.75 Å². The maximum atomic E-state index is 13.6. The van der Waals surface area contributed by atoms with Crippen LogP contribution in [0.15, 0.2) is 42.5 Å². The second kappa shape index (κ2) is 5.08. The van der Waals surface area contributed by atoms with Gasteiger partial charge in [-0.25, -0.2) is 4.39 Å². The fraction of sp³-hybridized carbons (Fsp3) is 0.200. The third-order valence-corrected chi connectivity index (χ3v) is 2.96. The Morgan fingerprint density at radius 1 is 1.17 bits per heavy atom. The van der Waals surface area contributed by atoms with Crippen molar-refractivity contribution >= 4 is 5.69 Å². The molecule has 0 aliphatic carbocycles. The number of hydrogen-bond acceptors (Lipinski definition) is 2. The second-order valence-corrected chi connectivity index (χ2v) is 4.39. The summed E-state index contributed by atoms with van der Waals surface area (Å²) in [5, 5.41) is 12.8. The number of phenolic OH excluding ortho intramolecular Hbond substituents is 1. The van der Waals surface area contributed by atoms with E-state index < -0.39 is 0 Å². The molecule has 1 atom stereocenters. The minimum atomic E-state index is -0.228. The van der Waals surface area contributed by atoms with Gasteiger partial charge in [0.25, 0.3) is 0 Å². The molecule has 0 radical (unpaired) electrons. The van der Waals surface area contributed by atoms with Crippen molar-refractivity contribution < 1.29 is 9.50 Å². The van der Waals surface area contributed by atoms with Crippen LogP contribution in [0.4, 0.5) is 10.1 Å². The minimum absolute atomic E-state index is 0.159. The molecule has 0 spiro atoms. The van der Waals surface area contributed by atoms with E-state index in [0.29, 0.717) is 5.56 Å². The van der Waals surface area contributed by atoms with E-state index in [1.165, 1.54) is 6.07 Å². The van der Waals surface area contributed by atoms with Crippen LogP contribution in [0.3, 0.4) is 0 Å². The quantitative estimate of drug-likeness (QED) is 0.856. The van der Waals surface area contributed by atoms with Crippen LogP contribution < -0.4 is 5.32 Å². The Bertz CT molecular complexity index is 554. The molecule has 2 aromatic rings. The van der Waals surface area contributed by atoms with Crippen LogP contribution in [0.25, 0.3) is 0 Å². The molecular formula is C15H16FNO. The topological polar surface area (TPSA) is 32.3 Å². The van der Waals surface area contributed by atoms with Gasteiger partial charge in [-0.05, 0) is 31.5 Å². The Morgan fingerprint density at radius 3 is 2.56 bits per heavy atom. The van der Waals surface area contributed by atoms with Gasteiger partial charge in [-0.3, -0.25) is 0 Å². The average molecular weight is 245 g/mol. The molecule has 2 aromatic carbocycles. The summed E-state index contributed by atoms with van der Waals surface area (Å²) in [5.74, 6) is 0.00886. The van der Waals surface area contributed by atoms with E-state index in [9.17, 15) is 9.50 Å². The lowest BCUT2D eigenvalue weighted by atomic mass is 10.1. The lowest BCUT2D eigenvalue weighted by Crippen LogP contribution is -2.08. The van der Waals surface area contributed by atoms with E-state index in [2.05, 4.69) is 5.32 Å². The predicted molar refractivity (Wildman–Crippen MR) is 71.3 cm³/mol. The van der Waals surface area contributed by atoms with Crippen molar-refractivity contribution in [2.75, 3.05) is 5.32 Å². The first-order chi connectivity index (χ1) is 8.58. The smallest absolute Gasteiger partial charge is 0.128 e. The van der Waals surface area contributed by atoms with Gasteiger partial charge in [0, 0.05) is 17.3 Å². The first-order valence-corrected chi connectivity index (χ1v) is 5.88. The van der Waals surface area contributed by atoms with E-state index >= 15 is 0 Å². The van der Waals surface area contributed by atoms with Gasteiger partial charge in [0.2, 0.25) is 0 Å². The van der Waals surface area contributed by atoms with Gasteiger partial charge in [0.1, 0.15) is 11.6 Å². The third kappa shape index (κ3) is 2.62. The van der Waals surface area contributed by atoms with Gasteiger partial charge >= 0.3 is 0 Å². The second-order valence-electron chi connectivity index (χ2n) is 4.39. The number of hydrogen-bond donors (Lipinski definition) is 2. The highest BCUT2D eigenvalue weighted by Gasteiger charge is 2.10. The molecule has 0 aliphatic rings. The molecule has 0 aliphatic heterocycles. The molecule has 2 N–H and O–H groups in total. The standard InChI is InChI=1S/C15H16FNO/c1-10-7-8-12(9-15(10)18)17-11(2)13-5-3-4-6-14(13)16/h3-9,11,17-18H,1-2H3. The number of aromatic hydroxyl groups is 1. The van der Waals surface area contributed by atoms with Crippen molar-refractivity contribution in [1.82, 2.24) is 0 Å². The Balaban J connectivity index is 2.19. The molecule has 2 nitrogen and oxygen atoms in total. The SMILES string of the molecule is Cc1ccc(NC(C)c2ccccc2F)cc1O. The van der Waals surface area contributed by atoms with Gasteiger partial charge in [0.15, 0.2) is 0 Å². The summed E-state index contributed by atoms with van der Waals surface area (Å²) in [4.78, 5) is 0. The zero-order chi connectivity index (χ0) is 13.1. The molecule has 0 saturated carbocycles. The molecule has 94 valence electrons. The van der Waals surface area contributed by atoms with Gasteiger partial charge in [-0.1, -0.05) is 24.3 Å². The Morgan fingerprint density at radius 2 is 1.89 bits per heavy atom. The highest BCUT2D eigenvalue weighted by molar-refractivity contribution is 5.52. The molecule has 0 fully saturated rings. The monoisotopic (exact) mass is 245 g/mol. The molecule has 3 heteroatoms. The molecule has 1 unspecified atom stereocenters. The Labute approximate surface area is 106 Å². The van der Waals surface area contributed by atoms with Crippen molar-refractivity contribution in [2.45, 2.75) is 19.9 Å². The van der Waals surface area contributed by atoms with Crippen LogP contribution in [0, 0.1) is 12.7 Å². The Hall–Kier alpha value is -2.03. The predicted octanol–water partition coefficient (Wildman–Crippen LogP) is 4.01. The summed E-state index contributed by atoms with van der Waals surface area (Å²) in [6.45, 7) is 3.72. The third-order valence-electron chi connectivity index (χ3n) is 2.96. The lowest BCUT2D eigenvalue weighted by molar-refractivity contribution is 0.471. The lowest BCUT2D eigenvalue weighted by Gasteiger charge is -2.16. The average Bonchev–Trinajstić information content (AvgIpc) is 2.34. The molecule has 18 heavy (non-hydrogen) atoms. The molecular weight excluding hydrogens is 229 g/mol. The number of halogens is 1. The van der Waals surface area contributed by atoms with Crippen LogP contribution in [-0.2, 0) is 0 Å². The van der Waals surface area contributed by atoms with Crippen LogP contribution in [0.1, 0.15) is 24.1 Å². The van der Waals surface area contributed by atoms with E-state index in [4.69, 9.17) is 0 Å². The van der Waals surface area contributed by atoms with Crippen LogP contribution in [0.2, 0.25) is 0 Å². The van der Waals surface area contributed by atoms with Crippen molar-refractivity contribution in [2.24, 2.45) is 0 Å². The number of rotatable bonds is 3. The van der Waals surface area contributed by atoms with E-state index in [0.717, 1.165) is 11.3 Å². The molecule has 0 saturated heterocycles. The maximum absolute atomic E-state index is 13.6. The van der Waals surface area contributed by atoms with E-state index in [1.54, 1.807) is 18.2 Å². The normalized spacial score (nSPS) is 12.2. The first-order valence-electron chi connectivity index (χ1n) is 5.88. The van der Waals surface area contributed by atoms with Gasteiger partial charge < -0.3 is 10.4 Å². The summed E-state index contributed by atoms with van der Waals surface area (Å²) in [6, 6.07) is 11.9. The van der Waals surface area contributed by atoms with Gasteiger partial charge in [-0.2, -0.15) is 0 Å². The zero-order valence-corrected chi connectivity index (χ0v) is 10.4. The number of aryl methyl sites for hydroxylation is 1. The summed E-state index contributed by atoms with van der Waals surface area (Å²) in [7, 11) is 0. The summed E-state index contributed by atoms with van der Waals surface area (Å²) < 4.78 is 13.6. The highest BCUT2D eigenvalue weighted by atomic mass is 19.1. The molecule has 2 rings (SSSR count). The molecule has 0 aromatic heterocycles. The summed E-state index contributed by atoms with van der Waals surface area (Å²) in [5.41, 5.74) is 2.20. The first kappa shape index (κ1) is 12.4. The highest BCUT2D eigenvalue weighted by Crippen LogP contribution is 2.25. The van der Waals surface area contributed by atoms with E-state index in [1.807, 2.05) is 32.0 Å². The number of nitrogens with one attached hydrogen (secondary N) is 1. The van der Waals surface area contributed by atoms with Crippen molar-refractivity contribution in [3.8, 4) is 5.75 Å². The fourth-order valence-electron chi connectivity index (χ4n) is 1.85. The number of phenols is 1. The molecule has 0 heterocycles. The largest absolute Gasteiger partial charge is 0.508 e. The van der Waals surface area contributed by atoms with Crippen LogP contribution in [-0.4, -0.2) is 5.11 Å². The van der Waals surface area contributed by atoms with Crippen molar-refractivity contribution in [3.05, 3.63) is 59.4 Å². The van der Waals surface area contributed by atoms with Gasteiger partial charge in [0.05, 0.1) is 6.04 Å². The maximum Gasteiger partial charge on any atom is 0.128 e. The van der Waals surface area contributed by atoms with Crippen molar-refractivity contribution in [1.29, 1.82) is 0 Å². The summed E-state index contributed by atoms with van der Waals surface area (Å²) in [6.07, 6.45) is 0. The van der Waals surface area contributed by atoms with E-state index in [-0.39, 0.29) is 17.6 Å². The fourth-order valence-corrected chi connectivity index (χ4v) is 1.85. The number of benzene rings is 2. The van der Waals surface area contributed by atoms with Crippen LogP contribution >= 0.6 is 0 Å². The van der Waals surface area contributed by atoms with Crippen molar-refractivity contribution in [3.63, 3.8) is 0 Å². The Kier molecular flexibility index (Phi) is 3.51.